The number of nitriles is 1. The van der Waals surface area contributed by atoms with E-state index in [1.165, 1.54) is 0 Å². The highest BCUT2D eigenvalue weighted by Crippen LogP contribution is 2.37. The van der Waals surface area contributed by atoms with Crippen LogP contribution in [0.2, 0.25) is 0 Å². The van der Waals surface area contributed by atoms with Crippen LogP contribution in [0.5, 0.6) is 0 Å². The smallest absolute Gasteiger partial charge is 0.325 e. The second-order valence-electron chi connectivity index (χ2n) is 4.74. The van der Waals surface area contributed by atoms with Crippen LogP contribution in [0.15, 0.2) is 24.5 Å². The van der Waals surface area contributed by atoms with Crippen LogP contribution in [0.4, 0.5) is 32.0 Å². The van der Waals surface area contributed by atoms with Gasteiger partial charge in [-0.1, -0.05) is 0 Å². The molecule has 1 aromatic heterocycles. The van der Waals surface area contributed by atoms with Gasteiger partial charge in [0, 0.05) is 5.69 Å². The predicted molar refractivity (Wildman–Crippen MR) is 69.8 cm³/mol. The zero-order chi connectivity index (χ0) is 18.8. The van der Waals surface area contributed by atoms with Crippen LogP contribution >= 0.6 is 0 Å². The second kappa shape index (κ2) is 6.42. The van der Waals surface area contributed by atoms with Crippen LogP contribution in [0.1, 0.15) is 17.0 Å². The first kappa shape index (κ1) is 18.2. The molecule has 1 heterocycles. The van der Waals surface area contributed by atoms with Gasteiger partial charge in [-0.2, -0.15) is 31.6 Å². The van der Waals surface area contributed by atoms with Crippen molar-refractivity contribution in [2.24, 2.45) is 0 Å². The average molecular weight is 363 g/mol. The van der Waals surface area contributed by atoms with E-state index in [0.717, 1.165) is 10.9 Å². The second-order valence-corrected chi connectivity index (χ2v) is 4.74. The Morgan fingerprint density at radius 1 is 1.12 bits per heavy atom. The Balaban J connectivity index is 2.29. The van der Waals surface area contributed by atoms with E-state index in [9.17, 15) is 31.1 Å². The highest BCUT2D eigenvalue weighted by Gasteiger charge is 2.37. The third kappa shape index (κ3) is 4.46. The highest BCUT2D eigenvalue weighted by molar-refractivity contribution is 5.90. The molecular weight excluding hydrogens is 356 g/mol. The number of hydrogen-bond donors (Lipinski definition) is 1. The number of hydrogen-bond acceptors (Lipinski definition) is 4. The molecule has 2 aromatic rings. The Bertz CT molecular complexity index is 800. The molecule has 132 valence electrons. The van der Waals surface area contributed by atoms with E-state index >= 15 is 0 Å². The summed E-state index contributed by atoms with van der Waals surface area (Å²) in [5.41, 5.74) is -3.79. The number of rotatable bonds is 3. The standard InChI is InChI=1S/C13H7F6N5O/c14-12(15,16)7-1-8(13(17,18)19)3-9(2-7)22-11(25)5-24-6-21-23-10(24)4-20/h1-3,6H,5H2,(H,22,25). The van der Waals surface area contributed by atoms with Crippen molar-refractivity contribution in [1.82, 2.24) is 14.8 Å². The molecule has 0 radical (unpaired) electrons. The van der Waals surface area contributed by atoms with Gasteiger partial charge in [-0.3, -0.25) is 9.36 Å². The third-order valence-corrected chi connectivity index (χ3v) is 2.90. The van der Waals surface area contributed by atoms with Crippen LogP contribution in [-0.4, -0.2) is 20.7 Å². The Kier molecular flexibility index (Phi) is 4.69. The van der Waals surface area contributed by atoms with E-state index in [-0.39, 0.29) is 11.9 Å². The highest BCUT2D eigenvalue weighted by atomic mass is 19.4. The van der Waals surface area contributed by atoms with Gasteiger partial charge in [-0.25, -0.2) is 0 Å². The van der Waals surface area contributed by atoms with Crippen LogP contribution in [0.3, 0.4) is 0 Å². The molecule has 1 N–H and O–H groups in total. The van der Waals surface area contributed by atoms with Crippen LogP contribution in [-0.2, 0) is 23.7 Å². The summed E-state index contributed by atoms with van der Waals surface area (Å²) >= 11 is 0. The SMILES string of the molecule is N#Cc1nncn1CC(=O)Nc1cc(C(F)(F)F)cc(C(F)(F)F)c1. The molecule has 0 fully saturated rings. The third-order valence-electron chi connectivity index (χ3n) is 2.90. The van der Waals surface area contributed by atoms with Crippen molar-refractivity contribution in [2.45, 2.75) is 18.9 Å². The summed E-state index contributed by atoms with van der Waals surface area (Å²) in [5, 5.41) is 17.4. The number of nitrogens with one attached hydrogen (secondary N) is 1. The fraction of sp³-hybridized carbons (Fsp3) is 0.231. The number of alkyl halides is 6. The van der Waals surface area contributed by atoms with Gasteiger partial charge in [0.1, 0.15) is 18.9 Å². The van der Waals surface area contributed by atoms with Crippen molar-refractivity contribution >= 4 is 11.6 Å². The lowest BCUT2D eigenvalue weighted by Crippen LogP contribution is -2.20. The fourth-order valence-electron chi connectivity index (χ4n) is 1.84. The first-order valence-corrected chi connectivity index (χ1v) is 6.38. The average Bonchev–Trinajstić information content (AvgIpc) is 2.92. The largest absolute Gasteiger partial charge is 0.416 e. The zero-order valence-electron chi connectivity index (χ0n) is 12.0. The lowest BCUT2D eigenvalue weighted by molar-refractivity contribution is -0.143. The first-order valence-electron chi connectivity index (χ1n) is 6.38. The van der Waals surface area contributed by atoms with E-state index in [4.69, 9.17) is 5.26 Å². The van der Waals surface area contributed by atoms with E-state index < -0.39 is 41.6 Å². The van der Waals surface area contributed by atoms with Crippen LogP contribution < -0.4 is 5.32 Å². The molecule has 0 bridgehead atoms. The lowest BCUT2D eigenvalue weighted by Gasteiger charge is -2.14. The predicted octanol–water partition coefficient (Wildman–Crippen LogP) is 2.83. The molecule has 12 heteroatoms. The number of nitrogens with zero attached hydrogens (tertiary/aromatic N) is 4. The van der Waals surface area contributed by atoms with E-state index in [2.05, 4.69) is 10.2 Å². The molecule has 1 amide bonds. The number of amides is 1. The van der Waals surface area contributed by atoms with Gasteiger partial charge < -0.3 is 5.32 Å². The van der Waals surface area contributed by atoms with Crippen LogP contribution in [0, 0.1) is 11.3 Å². The van der Waals surface area contributed by atoms with Crippen molar-refractivity contribution in [3.05, 3.63) is 41.5 Å². The van der Waals surface area contributed by atoms with E-state index in [0.29, 0.717) is 12.1 Å². The summed E-state index contributed by atoms with van der Waals surface area (Å²) in [6.45, 7) is -0.562. The van der Waals surface area contributed by atoms with Gasteiger partial charge in [0.15, 0.2) is 0 Å². The molecular formula is C13H7F6N5O. The topological polar surface area (TPSA) is 83.6 Å². The molecule has 6 nitrogen and oxygen atoms in total. The summed E-state index contributed by atoms with van der Waals surface area (Å²) in [6, 6.07) is 2.32. The van der Waals surface area contributed by atoms with E-state index in [1.54, 1.807) is 6.07 Å². The van der Waals surface area contributed by atoms with Crippen molar-refractivity contribution < 1.29 is 31.1 Å². The van der Waals surface area contributed by atoms with Gasteiger partial charge in [0.2, 0.25) is 11.7 Å². The van der Waals surface area contributed by atoms with Gasteiger partial charge in [-0.05, 0) is 18.2 Å². The maximum absolute atomic E-state index is 12.7. The summed E-state index contributed by atoms with van der Waals surface area (Å²) < 4.78 is 77.4. The molecule has 0 saturated heterocycles. The molecule has 0 spiro atoms. The zero-order valence-corrected chi connectivity index (χ0v) is 12.0. The number of halogens is 6. The maximum Gasteiger partial charge on any atom is 0.416 e. The van der Waals surface area contributed by atoms with Gasteiger partial charge in [-0.15, -0.1) is 10.2 Å². The van der Waals surface area contributed by atoms with Crippen LogP contribution in [0.25, 0.3) is 0 Å². The van der Waals surface area contributed by atoms with Crippen molar-refractivity contribution in [3.63, 3.8) is 0 Å². The summed E-state index contributed by atoms with van der Waals surface area (Å²) in [6.07, 6.45) is -9.03. The Morgan fingerprint density at radius 3 is 2.16 bits per heavy atom. The summed E-state index contributed by atoms with van der Waals surface area (Å²) in [7, 11) is 0. The number of benzene rings is 1. The Labute approximate surface area is 135 Å². The molecule has 2 rings (SSSR count). The molecule has 1 aromatic carbocycles. The molecule has 0 saturated carbocycles. The van der Waals surface area contributed by atoms with Gasteiger partial charge in [0.05, 0.1) is 11.1 Å². The minimum absolute atomic E-state index is 0.0524. The van der Waals surface area contributed by atoms with E-state index in [1.807, 2.05) is 5.32 Å². The molecule has 0 aliphatic rings. The molecule has 0 aliphatic heterocycles. The number of carbonyl (C=O) groups excluding carboxylic acids is 1. The maximum atomic E-state index is 12.7. The van der Waals surface area contributed by atoms with Gasteiger partial charge in [0.25, 0.3) is 0 Å². The quantitative estimate of drug-likeness (QED) is 0.850. The summed E-state index contributed by atoms with van der Waals surface area (Å²) in [4.78, 5) is 11.8. The Morgan fingerprint density at radius 2 is 1.68 bits per heavy atom. The number of anilines is 1. The van der Waals surface area contributed by atoms with Crippen molar-refractivity contribution in [1.29, 1.82) is 5.26 Å². The normalized spacial score (nSPS) is 11.9. The fourth-order valence-corrected chi connectivity index (χ4v) is 1.84. The summed E-state index contributed by atoms with van der Waals surface area (Å²) in [5.74, 6) is -1.20. The lowest BCUT2D eigenvalue weighted by atomic mass is 10.1. The molecule has 25 heavy (non-hydrogen) atoms. The molecule has 0 atom stereocenters. The monoisotopic (exact) mass is 363 g/mol. The molecule has 0 unspecified atom stereocenters. The molecule has 0 aliphatic carbocycles. The minimum Gasteiger partial charge on any atom is -0.325 e. The van der Waals surface area contributed by atoms with Crippen molar-refractivity contribution in [3.8, 4) is 6.07 Å². The number of carbonyl (C=O) groups is 1. The number of aromatic nitrogens is 3. The van der Waals surface area contributed by atoms with Crippen molar-refractivity contribution in [2.75, 3.05) is 5.32 Å². The Hall–Kier alpha value is -3.10. The minimum atomic E-state index is -5.02. The van der Waals surface area contributed by atoms with Gasteiger partial charge >= 0.3 is 12.4 Å². The first-order chi connectivity index (χ1) is 11.5.